The van der Waals surface area contributed by atoms with Gasteiger partial charge in [0.15, 0.2) is 0 Å². The number of rotatable bonds is 4. The van der Waals surface area contributed by atoms with Crippen LogP contribution in [0.5, 0.6) is 0 Å². The molecule has 0 amide bonds. The van der Waals surface area contributed by atoms with Crippen molar-refractivity contribution in [1.29, 1.82) is 0 Å². The van der Waals surface area contributed by atoms with E-state index in [0.29, 0.717) is 12.2 Å². The smallest absolute Gasteiger partial charge is 0.340 e. The van der Waals surface area contributed by atoms with E-state index >= 15 is 0 Å². The molecule has 27 heavy (non-hydrogen) atoms. The fourth-order valence-electron chi connectivity index (χ4n) is 3.80. The topological polar surface area (TPSA) is 57.2 Å². The Kier molecular flexibility index (Phi) is 4.42. The second-order valence-corrected chi connectivity index (χ2v) is 6.56. The molecule has 0 aliphatic heterocycles. The van der Waals surface area contributed by atoms with Crippen molar-refractivity contribution in [3.8, 4) is 11.1 Å². The number of benzene rings is 3. The van der Waals surface area contributed by atoms with Gasteiger partial charge in [-0.05, 0) is 34.9 Å². The monoisotopic (exact) mass is 358 g/mol. The first-order valence-electron chi connectivity index (χ1n) is 9.12. The lowest BCUT2D eigenvalue weighted by molar-refractivity contribution is 0.0527. The number of nitrogens with two attached hydrogens (primary N) is 1. The second kappa shape index (κ2) is 6.89. The van der Waals surface area contributed by atoms with Gasteiger partial charge in [-0.3, -0.25) is 0 Å². The molecule has 0 saturated carbocycles. The minimum absolute atomic E-state index is 0.281. The molecule has 0 aliphatic rings. The SMILES string of the molecule is CCOC(=O)c1c(CN)n(C)c2cc(-c3cccc4ccccc34)ccc12. The highest BCUT2D eigenvalue weighted by Gasteiger charge is 2.21. The molecule has 0 atom stereocenters. The number of carbonyl (C=O) groups is 1. The highest BCUT2D eigenvalue weighted by Crippen LogP contribution is 2.33. The highest BCUT2D eigenvalue weighted by atomic mass is 16.5. The number of hydrogen-bond acceptors (Lipinski definition) is 3. The van der Waals surface area contributed by atoms with Crippen LogP contribution in [0.15, 0.2) is 60.7 Å². The third-order valence-corrected chi connectivity index (χ3v) is 5.10. The third-order valence-electron chi connectivity index (χ3n) is 5.10. The molecule has 0 bridgehead atoms. The molecule has 4 heteroatoms. The van der Waals surface area contributed by atoms with Crippen LogP contribution in [0.2, 0.25) is 0 Å². The van der Waals surface area contributed by atoms with Gasteiger partial charge in [-0.15, -0.1) is 0 Å². The van der Waals surface area contributed by atoms with Gasteiger partial charge in [0.1, 0.15) is 0 Å². The number of aryl methyl sites for hydroxylation is 1. The number of aromatic nitrogens is 1. The van der Waals surface area contributed by atoms with E-state index in [1.54, 1.807) is 0 Å². The predicted octanol–water partition coefficient (Wildman–Crippen LogP) is 4.63. The zero-order chi connectivity index (χ0) is 19.0. The zero-order valence-electron chi connectivity index (χ0n) is 15.5. The first-order valence-corrected chi connectivity index (χ1v) is 9.12. The molecule has 3 aromatic carbocycles. The minimum atomic E-state index is -0.318. The quantitative estimate of drug-likeness (QED) is 0.541. The van der Waals surface area contributed by atoms with Gasteiger partial charge < -0.3 is 15.0 Å². The van der Waals surface area contributed by atoms with E-state index in [1.807, 2.05) is 30.7 Å². The van der Waals surface area contributed by atoms with Crippen molar-refractivity contribution < 1.29 is 9.53 Å². The lowest BCUT2D eigenvalue weighted by Crippen LogP contribution is -2.12. The van der Waals surface area contributed by atoms with Gasteiger partial charge in [0, 0.05) is 30.2 Å². The van der Waals surface area contributed by atoms with E-state index < -0.39 is 0 Å². The summed E-state index contributed by atoms with van der Waals surface area (Å²) < 4.78 is 7.25. The number of ether oxygens (including phenoxy) is 1. The molecule has 1 heterocycles. The lowest BCUT2D eigenvalue weighted by Gasteiger charge is -2.08. The Morgan fingerprint density at radius 1 is 1.04 bits per heavy atom. The number of esters is 1. The highest BCUT2D eigenvalue weighted by molar-refractivity contribution is 6.07. The number of fused-ring (bicyclic) bond motifs is 2. The van der Waals surface area contributed by atoms with E-state index in [2.05, 4.69) is 48.5 Å². The van der Waals surface area contributed by atoms with Gasteiger partial charge in [0.2, 0.25) is 0 Å². The fraction of sp³-hybridized carbons (Fsp3) is 0.174. The normalized spacial score (nSPS) is 11.2. The molecule has 0 radical (unpaired) electrons. The molecule has 2 N–H and O–H groups in total. The van der Waals surface area contributed by atoms with Crippen LogP contribution in [0.25, 0.3) is 32.8 Å². The molecule has 136 valence electrons. The lowest BCUT2D eigenvalue weighted by atomic mass is 9.97. The van der Waals surface area contributed by atoms with Gasteiger partial charge in [0.25, 0.3) is 0 Å². The summed E-state index contributed by atoms with van der Waals surface area (Å²) in [7, 11) is 1.94. The van der Waals surface area contributed by atoms with Crippen LogP contribution in [0.4, 0.5) is 0 Å². The number of nitrogens with zero attached hydrogens (tertiary/aromatic N) is 1. The summed E-state index contributed by atoms with van der Waals surface area (Å²) in [5.41, 5.74) is 10.6. The summed E-state index contributed by atoms with van der Waals surface area (Å²) in [6.45, 7) is 2.43. The Morgan fingerprint density at radius 3 is 2.59 bits per heavy atom. The van der Waals surface area contributed by atoms with Crippen molar-refractivity contribution in [2.75, 3.05) is 6.61 Å². The van der Waals surface area contributed by atoms with Crippen molar-refractivity contribution >= 4 is 27.6 Å². The van der Waals surface area contributed by atoms with Crippen LogP contribution in [-0.2, 0) is 18.3 Å². The summed E-state index contributed by atoms with van der Waals surface area (Å²) in [5, 5.41) is 3.29. The van der Waals surface area contributed by atoms with Gasteiger partial charge in [-0.25, -0.2) is 4.79 Å². The summed E-state index contributed by atoms with van der Waals surface area (Å²) in [6.07, 6.45) is 0. The average molecular weight is 358 g/mol. The van der Waals surface area contributed by atoms with Gasteiger partial charge >= 0.3 is 5.97 Å². The molecular formula is C23H22N2O2. The molecular weight excluding hydrogens is 336 g/mol. The molecule has 0 fully saturated rings. The third kappa shape index (κ3) is 2.78. The van der Waals surface area contributed by atoms with Crippen LogP contribution in [0, 0.1) is 0 Å². The Labute approximate surface area is 158 Å². The Morgan fingerprint density at radius 2 is 1.81 bits per heavy atom. The van der Waals surface area contributed by atoms with E-state index in [0.717, 1.165) is 22.2 Å². The predicted molar refractivity (Wildman–Crippen MR) is 110 cm³/mol. The Bertz CT molecular complexity index is 1150. The molecule has 0 spiro atoms. The maximum Gasteiger partial charge on any atom is 0.340 e. The first-order chi connectivity index (χ1) is 13.2. The van der Waals surface area contributed by atoms with Crippen LogP contribution in [0.3, 0.4) is 0 Å². The second-order valence-electron chi connectivity index (χ2n) is 6.56. The molecule has 4 nitrogen and oxygen atoms in total. The zero-order valence-corrected chi connectivity index (χ0v) is 15.5. The van der Waals surface area contributed by atoms with Crippen molar-refractivity contribution in [2.45, 2.75) is 13.5 Å². The van der Waals surface area contributed by atoms with Crippen LogP contribution >= 0.6 is 0 Å². The molecule has 0 saturated heterocycles. The summed E-state index contributed by atoms with van der Waals surface area (Å²) in [4.78, 5) is 12.5. The molecule has 4 aromatic rings. The minimum Gasteiger partial charge on any atom is -0.462 e. The van der Waals surface area contributed by atoms with E-state index in [1.165, 1.54) is 16.3 Å². The van der Waals surface area contributed by atoms with Crippen molar-refractivity contribution in [3.63, 3.8) is 0 Å². The van der Waals surface area contributed by atoms with Crippen molar-refractivity contribution in [3.05, 3.63) is 71.9 Å². The summed E-state index contributed by atoms with van der Waals surface area (Å²) in [5.74, 6) is -0.318. The van der Waals surface area contributed by atoms with Crippen LogP contribution < -0.4 is 5.73 Å². The first kappa shape index (κ1) is 17.3. The van der Waals surface area contributed by atoms with Gasteiger partial charge in [-0.2, -0.15) is 0 Å². The number of carbonyl (C=O) groups excluding carboxylic acids is 1. The van der Waals surface area contributed by atoms with Crippen molar-refractivity contribution in [2.24, 2.45) is 12.8 Å². The number of hydrogen-bond donors (Lipinski definition) is 1. The summed E-state index contributed by atoms with van der Waals surface area (Å²) in [6, 6.07) is 20.9. The maximum absolute atomic E-state index is 12.5. The molecule has 4 rings (SSSR count). The van der Waals surface area contributed by atoms with Crippen LogP contribution in [0.1, 0.15) is 23.0 Å². The summed E-state index contributed by atoms with van der Waals surface area (Å²) >= 11 is 0. The fourth-order valence-corrected chi connectivity index (χ4v) is 3.80. The average Bonchev–Trinajstić information content (AvgIpc) is 2.99. The maximum atomic E-state index is 12.5. The van der Waals surface area contributed by atoms with Gasteiger partial charge in [-0.1, -0.05) is 54.6 Å². The van der Waals surface area contributed by atoms with E-state index in [9.17, 15) is 4.79 Å². The van der Waals surface area contributed by atoms with Gasteiger partial charge in [0.05, 0.1) is 12.2 Å². The standard InChI is InChI=1S/C23H22N2O2/c1-3-27-23(26)22-19-12-11-16(13-20(19)25(2)21(22)14-24)18-10-6-8-15-7-4-5-9-17(15)18/h4-13H,3,14,24H2,1-2H3. The van der Waals surface area contributed by atoms with E-state index in [4.69, 9.17) is 10.5 Å². The molecule has 1 aromatic heterocycles. The van der Waals surface area contributed by atoms with Crippen LogP contribution in [-0.4, -0.2) is 17.1 Å². The molecule has 0 unspecified atom stereocenters. The van der Waals surface area contributed by atoms with Crippen molar-refractivity contribution in [1.82, 2.24) is 4.57 Å². The largest absolute Gasteiger partial charge is 0.462 e. The Hall–Kier alpha value is -3.11. The molecule has 0 aliphatic carbocycles. The Balaban J connectivity index is 1.95. The van der Waals surface area contributed by atoms with E-state index in [-0.39, 0.29) is 12.5 Å².